The van der Waals surface area contributed by atoms with Gasteiger partial charge < -0.3 is 11.1 Å². The van der Waals surface area contributed by atoms with Crippen LogP contribution in [0.5, 0.6) is 0 Å². The standard InChI is InChI=1S/C13H21N3OS/c14-8-13-16-11(9-18-13)7-12(17)15-10-5-3-1-2-4-6-10/h9-10H,1-8,14H2,(H,15,17). The summed E-state index contributed by atoms with van der Waals surface area (Å²) in [5, 5.41) is 5.95. The molecule has 3 N–H and O–H groups in total. The highest BCUT2D eigenvalue weighted by Crippen LogP contribution is 2.17. The van der Waals surface area contributed by atoms with Gasteiger partial charge in [0.2, 0.25) is 5.91 Å². The maximum absolute atomic E-state index is 11.9. The minimum Gasteiger partial charge on any atom is -0.353 e. The molecule has 1 saturated carbocycles. The van der Waals surface area contributed by atoms with Crippen LogP contribution >= 0.6 is 11.3 Å². The van der Waals surface area contributed by atoms with Crippen molar-refractivity contribution in [2.75, 3.05) is 0 Å². The largest absolute Gasteiger partial charge is 0.353 e. The van der Waals surface area contributed by atoms with Gasteiger partial charge in [-0.2, -0.15) is 0 Å². The Morgan fingerprint density at radius 3 is 2.72 bits per heavy atom. The Labute approximate surface area is 112 Å². The number of nitrogens with two attached hydrogens (primary N) is 1. The van der Waals surface area contributed by atoms with Gasteiger partial charge in [-0.3, -0.25) is 4.79 Å². The quantitative estimate of drug-likeness (QED) is 0.820. The molecule has 1 aromatic heterocycles. The molecule has 100 valence electrons. The molecule has 1 aliphatic carbocycles. The lowest BCUT2D eigenvalue weighted by molar-refractivity contribution is -0.121. The molecule has 2 rings (SSSR count). The number of thiazole rings is 1. The molecule has 1 amide bonds. The zero-order valence-corrected chi connectivity index (χ0v) is 11.5. The van der Waals surface area contributed by atoms with Crippen LogP contribution in [0.2, 0.25) is 0 Å². The minimum absolute atomic E-state index is 0.0933. The molecule has 1 aliphatic rings. The van der Waals surface area contributed by atoms with E-state index in [4.69, 9.17) is 5.73 Å². The Balaban J connectivity index is 1.80. The van der Waals surface area contributed by atoms with Crippen LogP contribution in [0.1, 0.15) is 49.2 Å². The van der Waals surface area contributed by atoms with Gasteiger partial charge in [0.25, 0.3) is 0 Å². The number of nitrogens with one attached hydrogen (secondary N) is 1. The van der Waals surface area contributed by atoms with Crippen LogP contribution in [0.3, 0.4) is 0 Å². The number of aromatic nitrogens is 1. The lowest BCUT2D eigenvalue weighted by Gasteiger charge is -2.15. The summed E-state index contributed by atoms with van der Waals surface area (Å²) < 4.78 is 0. The number of nitrogens with zero attached hydrogens (tertiary/aromatic N) is 1. The number of amides is 1. The molecular weight excluding hydrogens is 246 g/mol. The third-order valence-electron chi connectivity index (χ3n) is 3.34. The molecular formula is C13H21N3OS. The van der Waals surface area contributed by atoms with Crippen molar-refractivity contribution < 1.29 is 4.79 Å². The molecule has 1 fully saturated rings. The lowest BCUT2D eigenvalue weighted by atomic mass is 10.1. The first-order valence-electron chi connectivity index (χ1n) is 6.70. The monoisotopic (exact) mass is 267 g/mol. The number of hydrogen-bond acceptors (Lipinski definition) is 4. The molecule has 0 radical (unpaired) electrons. The number of carbonyl (C=O) groups is 1. The average molecular weight is 267 g/mol. The van der Waals surface area contributed by atoms with Crippen molar-refractivity contribution in [1.82, 2.24) is 10.3 Å². The SMILES string of the molecule is NCc1nc(CC(=O)NC2CCCCCC2)cs1. The van der Waals surface area contributed by atoms with Gasteiger partial charge in [0.05, 0.1) is 12.1 Å². The van der Waals surface area contributed by atoms with Crippen LogP contribution in [0.15, 0.2) is 5.38 Å². The van der Waals surface area contributed by atoms with E-state index >= 15 is 0 Å². The van der Waals surface area contributed by atoms with Gasteiger partial charge in [0, 0.05) is 18.0 Å². The fourth-order valence-electron chi connectivity index (χ4n) is 2.39. The number of carbonyl (C=O) groups excluding carboxylic acids is 1. The van der Waals surface area contributed by atoms with Gasteiger partial charge in [-0.05, 0) is 12.8 Å². The second-order valence-corrected chi connectivity index (χ2v) is 5.81. The molecule has 0 saturated heterocycles. The molecule has 0 bridgehead atoms. The Morgan fingerprint density at radius 2 is 2.11 bits per heavy atom. The first kappa shape index (κ1) is 13.5. The van der Waals surface area contributed by atoms with Gasteiger partial charge >= 0.3 is 0 Å². The Kier molecular flexibility index (Phi) is 5.13. The highest BCUT2D eigenvalue weighted by Gasteiger charge is 2.15. The van der Waals surface area contributed by atoms with Crippen molar-refractivity contribution in [3.8, 4) is 0 Å². The van der Waals surface area contributed by atoms with Crippen molar-refractivity contribution in [3.05, 3.63) is 16.1 Å². The second-order valence-electron chi connectivity index (χ2n) is 4.87. The van der Waals surface area contributed by atoms with E-state index < -0.39 is 0 Å². The van der Waals surface area contributed by atoms with Crippen molar-refractivity contribution in [2.45, 2.75) is 57.5 Å². The summed E-state index contributed by atoms with van der Waals surface area (Å²) in [6.45, 7) is 0.453. The topological polar surface area (TPSA) is 68.0 Å². The van der Waals surface area contributed by atoms with Gasteiger partial charge in [0.1, 0.15) is 5.01 Å². The molecule has 0 atom stereocenters. The summed E-state index contributed by atoms with van der Waals surface area (Å²) in [7, 11) is 0. The van der Waals surface area contributed by atoms with E-state index in [9.17, 15) is 4.79 Å². The van der Waals surface area contributed by atoms with Crippen molar-refractivity contribution in [3.63, 3.8) is 0 Å². The summed E-state index contributed by atoms with van der Waals surface area (Å²) in [6.07, 6.45) is 7.70. The summed E-state index contributed by atoms with van der Waals surface area (Å²) in [4.78, 5) is 16.2. The van der Waals surface area contributed by atoms with E-state index in [2.05, 4.69) is 10.3 Å². The van der Waals surface area contributed by atoms with E-state index in [1.54, 1.807) is 0 Å². The Bertz CT molecular complexity index is 383. The third-order valence-corrected chi connectivity index (χ3v) is 4.26. The highest BCUT2D eigenvalue weighted by atomic mass is 32.1. The molecule has 5 heteroatoms. The fourth-order valence-corrected chi connectivity index (χ4v) is 3.07. The summed E-state index contributed by atoms with van der Waals surface area (Å²) in [5.41, 5.74) is 6.35. The molecule has 0 aromatic carbocycles. The Morgan fingerprint density at radius 1 is 1.39 bits per heavy atom. The maximum atomic E-state index is 11.9. The Hall–Kier alpha value is -0.940. The van der Waals surface area contributed by atoms with Gasteiger partial charge in [-0.15, -0.1) is 11.3 Å². The van der Waals surface area contributed by atoms with Gasteiger partial charge in [-0.25, -0.2) is 4.98 Å². The van der Waals surface area contributed by atoms with E-state index in [1.807, 2.05) is 5.38 Å². The van der Waals surface area contributed by atoms with Crippen LogP contribution < -0.4 is 11.1 Å². The predicted molar refractivity (Wildman–Crippen MR) is 73.3 cm³/mol. The van der Waals surface area contributed by atoms with E-state index in [-0.39, 0.29) is 5.91 Å². The average Bonchev–Trinajstić information content (AvgIpc) is 2.65. The van der Waals surface area contributed by atoms with E-state index in [0.29, 0.717) is 19.0 Å². The smallest absolute Gasteiger partial charge is 0.226 e. The maximum Gasteiger partial charge on any atom is 0.226 e. The van der Waals surface area contributed by atoms with Gasteiger partial charge in [-0.1, -0.05) is 25.7 Å². The molecule has 1 heterocycles. The fraction of sp³-hybridized carbons (Fsp3) is 0.692. The summed E-state index contributed by atoms with van der Waals surface area (Å²) in [6, 6.07) is 0.368. The normalized spacial score (nSPS) is 17.4. The second kappa shape index (κ2) is 6.85. The van der Waals surface area contributed by atoms with E-state index in [0.717, 1.165) is 23.5 Å². The zero-order valence-electron chi connectivity index (χ0n) is 10.7. The number of rotatable bonds is 4. The molecule has 0 spiro atoms. The van der Waals surface area contributed by atoms with Crippen molar-refractivity contribution >= 4 is 17.2 Å². The first-order valence-corrected chi connectivity index (χ1v) is 7.58. The molecule has 0 unspecified atom stereocenters. The third kappa shape index (κ3) is 4.07. The number of hydrogen-bond donors (Lipinski definition) is 2. The molecule has 1 aromatic rings. The molecule has 4 nitrogen and oxygen atoms in total. The van der Waals surface area contributed by atoms with Crippen LogP contribution in [0.4, 0.5) is 0 Å². The predicted octanol–water partition coefficient (Wildman–Crippen LogP) is 1.98. The van der Waals surface area contributed by atoms with Crippen molar-refractivity contribution in [1.29, 1.82) is 0 Å². The van der Waals surface area contributed by atoms with Crippen LogP contribution in [-0.2, 0) is 17.8 Å². The summed E-state index contributed by atoms with van der Waals surface area (Å²) in [5.74, 6) is 0.0933. The lowest BCUT2D eigenvalue weighted by Crippen LogP contribution is -2.35. The van der Waals surface area contributed by atoms with Crippen molar-refractivity contribution in [2.24, 2.45) is 5.73 Å². The highest BCUT2D eigenvalue weighted by molar-refractivity contribution is 7.09. The molecule has 0 aliphatic heterocycles. The van der Waals surface area contributed by atoms with Crippen LogP contribution in [0, 0.1) is 0 Å². The van der Waals surface area contributed by atoms with E-state index in [1.165, 1.54) is 37.0 Å². The zero-order chi connectivity index (χ0) is 12.8. The van der Waals surface area contributed by atoms with Gasteiger partial charge in [0.15, 0.2) is 0 Å². The first-order chi connectivity index (χ1) is 8.78. The molecule has 18 heavy (non-hydrogen) atoms. The van der Waals surface area contributed by atoms with Crippen LogP contribution in [-0.4, -0.2) is 16.9 Å². The minimum atomic E-state index is 0.0933. The van der Waals surface area contributed by atoms with Crippen LogP contribution in [0.25, 0.3) is 0 Å². The summed E-state index contributed by atoms with van der Waals surface area (Å²) >= 11 is 1.52.